The molecule has 0 spiro atoms. The molecule has 1 aromatic carbocycles. The van der Waals surface area contributed by atoms with Crippen molar-refractivity contribution in [2.24, 2.45) is 0 Å². The molecule has 168 valence electrons. The summed E-state index contributed by atoms with van der Waals surface area (Å²) < 4.78 is 16.0. The summed E-state index contributed by atoms with van der Waals surface area (Å²) in [6, 6.07) is 8.88. The lowest BCUT2D eigenvalue weighted by molar-refractivity contribution is 0.0282. The van der Waals surface area contributed by atoms with Gasteiger partial charge in [0.1, 0.15) is 12.4 Å². The maximum absolute atomic E-state index is 12.2. The van der Waals surface area contributed by atoms with E-state index in [0.717, 1.165) is 17.0 Å². The molecule has 11 heteroatoms. The molecule has 1 aliphatic heterocycles. The number of hydrogen-bond acceptors (Lipinski definition) is 8. The third kappa shape index (κ3) is 5.45. The first-order valence-corrected chi connectivity index (χ1v) is 9.60. The molecule has 2 aromatic rings. The lowest BCUT2D eigenvalue weighted by Crippen LogP contribution is -2.33. The van der Waals surface area contributed by atoms with Crippen molar-refractivity contribution < 1.29 is 43.6 Å². The first-order chi connectivity index (χ1) is 15.4. The van der Waals surface area contributed by atoms with Crippen molar-refractivity contribution >= 4 is 23.8 Å². The SMILES string of the molecule is O=C(O)c1cc(OCCOCCOCCN2C(=O)c3ccccc3C2=O)cc(C(=O)O)n1. The number of hydrogen-bond donors (Lipinski definition) is 2. The van der Waals surface area contributed by atoms with Crippen LogP contribution < -0.4 is 4.74 Å². The molecule has 11 nitrogen and oxygen atoms in total. The average molecular weight is 444 g/mol. The van der Waals surface area contributed by atoms with Gasteiger partial charge in [-0.3, -0.25) is 14.5 Å². The van der Waals surface area contributed by atoms with Crippen LogP contribution in [-0.4, -0.2) is 83.4 Å². The zero-order valence-corrected chi connectivity index (χ0v) is 16.9. The van der Waals surface area contributed by atoms with Crippen molar-refractivity contribution in [3.63, 3.8) is 0 Å². The van der Waals surface area contributed by atoms with Crippen LogP contribution >= 0.6 is 0 Å². The Balaban J connectivity index is 1.31. The van der Waals surface area contributed by atoms with Gasteiger partial charge in [-0.15, -0.1) is 0 Å². The molecule has 0 atom stereocenters. The number of amides is 2. The number of aromatic nitrogens is 1. The summed E-state index contributed by atoms with van der Waals surface area (Å²) in [4.78, 5) is 51.1. The van der Waals surface area contributed by atoms with E-state index in [0.29, 0.717) is 11.1 Å². The monoisotopic (exact) mass is 444 g/mol. The normalized spacial score (nSPS) is 12.7. The predicted octanol–water partition coefficient (Wildman–Crippen LogP) is 1.19. The fraction of sp³-hybridized carbons (Fsp3) is 0.286. The molecule has 32 heavy (non-hydrogen) atoms. The molecule has 3 rings (SSSR count). The summed E-state index contributed by atoms with van der Waals surface area (Å²) in [7, 11) is 0. The van der Waals surface area contributed by atoms with Gasteiger partial charge in [0.15, 0.2) is 11.4 Å². The second kappa shape index (κ2) is 10.5. The largest absolute Gasteiger partial charge is 0.491 e. The van der Waals surface area contributed by atoms with Crippen LogP contribution in [0.15, 0.2) is 36.4 Å². The summed E-state index contributed by atoms with van der Waals surface area (Å²) in [6.45, 7) is 0.951. The number of aromatic carboxylic acids is 2. The molecule has 2 amide bonds. The smallest absolute Gasteiger partial charge is 0.354 e. The van der Waals surface area contributed by atoms with Crippen molar-refractivity contribution in [3.05, 3.63) is 58.9 Å². The molecule has 0 radical (unpaired) electrons. The van der Waals surface area contributed by atoms with Gasteiger partial charge in [0.25, 0.3) is 11.8 Å². The zero-order valence-electron chi connectivity index (χ0n) is 16.9. The molecule has 0 bridgehead atoms. The number of ether oxygens (including phenoxy) is 3. The van der Waals surface area contributed by atoms with Gasteiger partial charge in [0.05, 0.1) is 44.1 Å². The van der Waals surface area contributed by atoms with E-state index in [1.165, 1.54) is 0 Å². The van der Waals surface area contributed by atoms with Gasteiger partial charge in [-0.2, -0.15) is 0 Å². The summed E-state index contributed by atoms with van der Waals surface area (Å²) in [5.41, 5.74) is -0.0958. The maximum atomic E-state index is 12.2. The van der Waals surface area contributed by atoms with E-state index in [4.69, 9.17) is 24.4 Å². The molecule has 0 aliphatic carbocycles. The number of fused-ring (bicyclic) bond motifs is 1. The molecular weight excluding hydrogens is 424 g/mol. The number of rotatable bonds is 12. The third-order valence-electron chi connectivity index (χ3n) is 4.44. The Hall–Kier alpha value is -3.83. The molecule has 0 saturated heterocycles. The molecule has 0 unspecified atom stereocenters. The van der Waals surface area contributed by atoms with E-state index in [1.807, 2.05) is 0 Å². The highest BCUT2D eigenvalue weighted by Gasteiger charge is 2.34. The Labute approximate surface area is 182 Å². The van der Waals surface area contributed by atoms with Crippen molar-refractivity contribution in [1.29, 1.82) is 0 Å². The van der Waals surface area contributed by atoms with E-state index in [2.05, 4.69) is 4.98 Å². The highest BCUT2D eigenvalue weighted by molar-refractivity contribution is 6.21. The Bertz CT molecular complexity index is 970. The van der Waals surface area contributed by atoms with Crippen LogP contribution in [0.2, 0.25) is 0 Å². The van der Waals surface area contributed by atoms with Gasteiger partial charge in [0.2, 0.25) is 0 Å². The highest BCUT2D eigenvalue weighted by Crippen LogP contribution is 2.21. The molecular formula is C21H20N2O9. The van der Waals surface area contributed by atoms with Crippen LogP contribution in [0.4, 0.5) is 0 Å². The van der Waals surface area contributed by atoms with Crippen molar-refractivity contribution in [2.45, 2.75) is 0 Å². The average Bonchev–Trinajstić information content (AvgIpc) is 3.02. The first kappa shape index (κ1) is 22.8. The van der Waals surface area contributed by atoms with Crippen molar-refractivity contribution in [1.82, 2.24) is 9.88 Å². The van der Waals surface area contributed by atoms with Gasteiger partial charge in [-0.05, 0) is 12.1 Å². The van der Waals surface area contributed by atoms with E-state index < -0.39 is 23.3 Å². The highest BCUT2D eigenvalue weighted by atomic mass is 16.5. The van der Waals surface area contributed by atoms with E-state index in [1.54, 1.807) is 24.3 Å². The molecule has 0 fully saturated rings. The predicted molar refractivity (Wildman–Crippen MR) is 107 cm³/mol. The Morgan fingerprint density at radius 2 is 1.31 bits per heavy atom. The fourth-order valence-electron chi connectivity index (χ4n) is 2.95. The Kier molecular flexibility index (Phi) is 7.47. The van der Waals surface area contributed by atoms with Gasteiger partial charge in [-0.1, -0.05) is 12.1 Å². The first-order valence-electron chi connectivity index (χ1n) is 9.60. The van der Waals surface area contributed by atoms with E-state index >= 15 is 0 Å². The van der Waals surface area contributed by atoms with E-state index in [-0.39, 0.29) is 57.1 Å². The second-order valence-electron chi connectivity index (χ2n) is 6.56. The number of nitrogens with zero attached hydrogens (tertiary/aromatic N) is 2. The summed E-state index contributed by atoms with van der Waals surface area (Å²) >= 11 is 0. The third-order valence-corrected chi connectivity index (χ3v) is 4.44. The second-order valence-corrected chi connectivity index (χ2v) is 6.56. The van der Waals surface area contributed by atoms with Crippen LogP contribution in [0, 0.1) is 0 Å². The van der Waals surface area contributed by atoms with Gasteiger partial charge >= 0.3 is 11.9 Å². The number of carboxylic acid groups (broad SMARTS) is 2. The minimum absolute atomic E-state index is 0.0515. The number of carbonyl (C=O) groups is 4. The standard InChI is InChI=1S/C21H20N2O9/c24-18-14-3-1-2-4-15(14)19(25)23(18)5-6-30-7-8-31-9-10-32-13-11-16(20(26)27)22-17(12-13)21(28)29/h1-4,11-12H,5-10H2,(H,26,27)(H,28,29). The zero-order chi connectivity index (χ0) is 23.1. The number of carbonyl (C=O) groups excluding carboxylic acids is 2. The van der Waals surface area contributed by atoms with Gasteiger partial charge in [-0.25, -0.2) is 14.6 Å². The summed E-state index contributed by atoms with van der Waals surface area (Å²) in [5, 5.41) is 18.0. The fourth-order valence-corrected chi connectivity index (χ4v) is 2.95. The van der Waals surface area contributed by atoms with Crippen LogP contribution in [-0.2, 0) is 9.47 Å². The van der Waals surface area contributed by atoms with Crippen LogP contribution in [0.1, 0.15) is 41.7 Å². The van der Waals surface area contributed by atoms with E-state index in [9.17, 15) is 19.2 Å². The number of carboxylic acids is 2. The Morgan fingerprint density at radius 3 is 1.84 bits per heavy atom. The number of pyridine rings is 1. The quantitative estimate of drug-likeness (QED) is 0.360. The molecule has 2 N–H and O–H groups in total. The lowest BCUT2D eigenvalue weighted by atomic mass is 10.1. The summed E-state index contributed by atoms with van der Waals surface area (Å²) in [5.74, 6) is -3.36. The van der Waals surface area contributed by atoms with Crippen molar-refractivity contribution in [3.8, 4) is 5.75 Å². The molecule has 2 heterocycles. The number of imide groups is 1. The minimum Gasteiger partial charge on any atom is -0.491 e. The Morgan fingerprint density at radius 1 is 0.812 bits per heavy atom. The molecule has 1 aromatic heterocycles. The molecule has 0 saturated carbocycles. The maximum Gasteiger partial charge on any atom is 0.354 e. The lowest BCUT2D eigenvalue weighted by Gasteiger charge is -2.14. The van der Waals surface area contributed by atoms with Gasteiger partial charge in [0, 0.05) is 12.1 Å². The topological polar surface area (TPSA) is 153 Å². The van der Waals surface area contributed by atoms with Crippen molar-refractivity contribution in [2.75, 3.05) is 39.6 Å². The molecule has 1 aliphatic rings. The minimum atomic E-state index is -1.37. The van der Waals surface area contributed by atoms with Crippen LogP contribution in [0.25, 0.3) is 0 Å². The summed E-state index contributed by atoms with van der Waals surface area (Å²) in [6.07, 6.45) is 0. The van der Waals surface area contributed by atoms with Crippen LogP contribution in [0.3, 0.4) is 0 Å². The van der Waals surface area contributed by atoms with Gasteiger partial charge < -0.3 is 24.4 Å². The number of benzene rings is 1. The van der Waals surface area contributed by atoms with Crippen LogP contribution in [0.5, 0.6) is 5.75 Å².